The first-order valence-corrected chi connectivity index (χ1v) is 4.00. The molecule has 0 saturated carbocycles. The molecule has 13 heavy (non-hydrogen) atoms. The maximum absolute atomic E-state index is 5.81. The molecule has 1 heterocycles. The lowest BCUT2D eigenvalue weighted by Gasteiger charge is -2.05. The highest BCUT2D eigenvalue weighted by molar-refractivity contribution is 5.95. The maximum Gasteiger partial charge on any atom is 0.131 e. The van der Waals surface area contributed by atoms with Crippen molar-refractivity contribution in [2.75, 3.05) is 12.8 Å². The lowest BCUT2D eigenvalue weighted by atomic mass is 10.2. The average Bonchev–Trinajstić information content (AvgIpc) is 2.17. The number of hydrogen-bond acceptors (Lipinski definition) is 3. The molecule has 0 unspecified atom stereocenters. The fourth-order valence-corrected chi connectivity index (χ4v) is 1.37. The Morgan fingerprint density at radius 3 is 2.92 bits per heavy atom. The first-order valence-electron chi connectivity index (χ1n) is 4.00. The molecule has 0 spiro atoms. The molecular formula is C10H10N2O. The summed E-state index contributed by atoms with van der Waals surface area (Å²) in [6.45, 7) is 0. The molecule has 1 aromatic carbocycles. The van der Waals surface area contributed by atoms with E-state index in [4.69, 9.17) is 10.5 Å². The van der Waals surface area contributed by atoms with Crippen LogP contribution in [0.4, 0.5) is 5.69 Å². The summed E-state index contributed by atoms with van der Waals surface area (Å²) in [5.74, 6) is 0.767. The van der Waals surface area contributed by atoms with E-state index in [0.29, 0.717) is 5.69 Å². The van der Waals surface area contributed by atoms with Gasteiger partial charge in [-0.1, -0.05) is 6.07 Å². The minimum Gasteiger partial charge on any atom is -0.496 e. The average molecular weight is 174 g/mol. The minimum atomic E-state index is 0.697. The van der Waals surface area contributed by atoms with Gasteiger partial charge in [-0.15, -0.1) is 0 Å². The lowest BCUT2D eigenvalue weighted by molar-refractivity contribution is 0.419. The first kappa shape index (κ1) is 7.86. The van der Waals surface area contributed by atoms with E-state index >= 15 is 0 Å². The van der Waals surface area contributed by atoms with Crippen LogP contribution in [-0.4, -0.2) is 12.1 Å². The summed E-state index contributed by atoms with van der Waals surface area (Å²) in [5, 5.41) is 0.882. The van der Waals surface area contributed by atoms with Crippen molar-refractivity contribution in [3.8, 4) is 5.75 Å². The van der Waals surface area contributed by atoms with E-state index in [-0.39, 0.29) is 0 Å². The SMILES string of the molecule is COc1ccnc2cccc(N)c12. The van der Waals surface area contributed by atoms with Gasteiger partial charge < -0.3 is 10.5 Å². The topological polar surface area (TPSA) is 48.1 Å². The number of anilines is 1. The Bertz CT molecular complexity index is 435. The summed E-state index contributed by atoms with van der Waals surface area (Å²) in [4.78, 5) is 4.19. The molecule has 0 atom stereocenters. The largest absolute Gasteiger partial charge is 0.496 e. The molecule has 0 aliphatic carbocycles. The van der Waals surface area contributed by atoms with Crippen LogP contribution in [0.15, 0.2) is 30.5 Å². The van der Waals surface area contributed by atoms with Crippen molar-refractivity contribution in [1.82, 2.24) is 4.98 Å². The Morgan fingerprint density at radius 1 is 1.31 bits per heavy atom. The van der Waals surface area contributed by atoms with Gasteiger partial charge in [0.1, 0.15) is 5.75 Å². The van der Waals surface area contributed by atoms with Crippen molar-refractivity contribution in [3.05, 3.63) is 30.5 Å². The van der Waals surface area contributed by atoms with Crippen LogP contribution in [0, 0.1) is 0 Å². The fraction of sp³-hybridized carbons (Fsp3) is 0.100. The standard InChI is InChI=1S/C10H10N2O/c1-13-9-5-6-12-8-4-2-3-7(11)10(8)9/h2-6H,11H2,1H3. The minimum absolute atomic E-state index is 0.697. The molecule has 2 aromatic rings. The van der Waals surface area contributed by atoms with Crippen molar-refractivity contribution in [2.24, 2.45) is 0 Å². The van der Waals surface area contributed by atoms with Gasteiger partial charge in [-0.2, -0.15) is 0 Å². The van der Waals surface area contributed by atoms with Gasteiger partial charge in [-0.3, -0.25) is 4.98 Å². The van der Waals surface area contributed by atoms with Gasteiger partial charge >= 0.3 is 0 Å². The number of methoxy groups -OCH3 is 1. The molecule has 3 nitrogen and oxygen atoms in total. The van der Waals surface area contributed by atoms with Crippen molar-refractivity contribution < 1.29 is 4.74 Å². The van der Waals surface area contributed by atoms with Gasteiger partial charge in [0.2, 0.25) is 0 Å². The zero-order valence-corrected chi connectivity index (χ0v) is 7.32. The van der Waals surface area contributed by atoms with Crippen LogP contribution in [0.2, 0.25) is 0 Å². The summed E-state index contributed by atoms with van der Waals surface area (Å²) in [6.07, 6.45) is 1.71. The number of nitrogens with two attached hydrogens (primary N) is 1. The maximum atomic E-state index is 5.81. The Morgan fingerprint density at radius 2 is 2.15 bits per heavy atom. The molecule has 1 aromatic heterocycles. The Labute approximate surface area is 76.2 Å². The van der Waals surface area contributed by atoms with Crippen LogP contribution in [0.25, 0.3) is 10.9 Å². The molecule has 3 heteroatoms. The molecule has 0 aliphatic heterocycles. The molecular weight excluding hydrogens is 164 g/mol. The zero-order valence-electron chi connectivity index (χ0n) is 7.32. The van der Waals surface area contributed by atoms with Crippen LogP contribution in [0.1, 0.15) is 0 Å². The van der Waals surface area contributed by atoms with E-state index in [9.17, 15) is 0 Å². The van der Waals surface area contributed by atoms with E-state index in [2.05, 4.69) is 4.98 Å². The van der Waals surface area contributed by atoms with E-state index in [1.165, 1.54) is 0 Å². The Kier molecular flexibility index (Phi) is 1.77. The molecule has 0 aliphatic rings. The van der Waals surface area contributed by atoms with E-state index < -0.39 is 0 Å². The molecule has 2 N–H and O–H groups in total. The normalized spacial score (nSPS) is 10.2. The van der Waals surface area contributed by atoms with Crippen LogP contribution < -0.4 is 10.5 Å². The predicted molar refractivity (Wildman–Crippen MR) is 52.7 cm³/mol. The van der Waals surface area contributed by atoms with Crippen LogP contribution >= 0.6 is 0 Å². The summed E-state index contributed by atoms with van der Waals surface area (Å²) in [5.41, 5.74) is 7.37. The quantitative estimate of drug-likeness (QED) is 0.671. The third kappa shape index (κ3) is 1.18. The molecule has 0 amide bonds. The van der Waals surface area contributed by atoms with E-state index in [1.54, 1.807) is 19.4 Å². The van der Waals surface area contributed by atoms with Gasteiger partial charge in [0.05, 0.1) is 18.0 Å². The predicted octanol–water partition coefficient (Wildman–Crippen LogP) is 1.83. The molecule has 0 radical (unpaired) electrons. The number of aromatic nitrogens is 1. The smallest absolute Gasteiger partial charge is 0.131 e. The lowest BCUT2D eigenvalue weighted by Crippen LogP contribution is -1.92. The van der Waals surface area contributed by atoms with Crippen molar-refractivity contribution in [1.29, 1.82) is 0 Å². The fourth-order valence-electron chi connectivity index (χ4n) is 1.37. The monoisotopic (exact) mass is 174 g/mol. The van der Waals surface area contributed by atoms with Gasteiger partial charge in [0.15, 0.2) is 0 Å². The van der Waals surface area contributed by atoms with Gasteiger partial charge in [0, 0.05) is 11.9 Å². The highest BCUT2D eigenvalue weighted by Gasteiger charge is 2.03. The van der Waals surface area contributed by atoms with Crippen molar-refractivity contribution >= 4 is 16.6 Å². The third-order valence-corrected chi connectivity index (χ3v) is 1.98. The van der Waals surface area contributed by atoms with Crippen LogP contribution in [0.5, 0.6) is 5.75 Å². The number of benzene rings is 1. The zero-order chi connectivity index (χ0) is 9.26. The Balaban J connectivity index is 2.87. The number of pyridine rings is 1. The second-order valence-electron chi connectivity index (χ2n) is 2.75. The van der Waals surface area contributed by atoms with Crippen molar-refractivity contribution in [2.45, 2.75) is 0 Å². The second kappa shape index (κ2) is 2.94. The van der Waals surface area contributed by atoms with E-state index in [1.807, 2.05) is 18.2 Å². The summed E-state index contributed by atoms with van der Waals surface area (Å²) in [7, 11) is 1.63. The van der Waals surface area contributed by atoms with Gasteiger partial charge in [-0.25, -0.2) is 0 Å². The highest BCUT2D eigenvalue weighted by Crippen LogP contribution is 2.28. The molecule has 0 fully saturated rings. The van der Waals surface area contributed by atoms with Gasteiger partial charge in [-0.05, 0) is 18.2 Å². The number of ether oxygens (including phenoxy) is 1. The molecule has 0 saturated heterocycles. The first-order chi connectivity index (χ1) is 6.33. The third-order valence-electron chi connectivity index (χ3n) is 1.98. The van der Waals surface area contributed by atoms with E-state index in [0.717, 1.165) is 16.7 Å². The summed E-state index contributed by atoms with van der Waals surface area (Å²) in [6, 6.07) is 7.43. The molecule has 66 valence electrons. The van der Waals surface area contributed by atoms with Crippen molar-refractivity contribution in [3.63, 3.8) is 0 Å². The number of nitrogens with zero attached hydrogens (tertiary/aromatic N) is 1. The summed E-state index contributed by atoms with van der Waals surface area (Å²) >= 11 is 0. The van der Waals surface area contributed by atoms with Crippen LogP contribution in [-0.2, 0) is 0 Å². The molecule has 0 bridgehead atoms. The second-order valence-corrected chi connectivity index (χ2v) is 2.75. The Hall–Kier alpha value is -1.77. The van der Waals surface area contributed by atoms with Crippen LogP contribution in [0.3, 0.4) is 0 Å². The number of nitrogen functional groups attached to an aromatic ring is 1. The number of fused-ring (bicyclic) bond motifs is 1. The highest BCUT2D eigenvalue weighted by atomic mass is 16.5. The number of rotatable bonds is 1. The summed E-state index contributed by atoms with van der Waals surface area (Å²) < 4.78 is 5.19. The van der Waals surface area contributed by atoms with Gasteiger partial charge in [0.25, 0.3) is 0 Å². The number of hydrogen-bond donors (Lipinski definition) is 1. The molecule has 2 rings (SSSR count).